The van der Waals surface area contributed by atoms with E-state index in [1.807, 2.05) is 0 Å². The Balaban J connectivity index is 2.12. The van der Waals surface area contributed by atoms with Gasteiger partial charge in [-0.2, -0.15) is 0 Å². The molecule has 0 aromatic rings. The number of hydrogen-bond donors (Lipinski definition) is 1. The molecule has 34 heavy (non-hydrogen) atoms. The van der Waals surface area contributed by atoms with E-state index in [0.717, 1.165) is 38.8 Å². The number of amides is 1. The first-order chi connectivity index (χ1) is 16.7. The molecular weight excluding hydrogens is 420 g/mol. The number of carbonyl (C=O) groups is 2. The summed E-state index contributed by atoms with van der Waals surface area (Å²) in [5.41, 5.74) is 0. The second-order valence-corrected chi connectivity index (χ2v) is 10.8. The second-order valence-electron chi connectivity index (χ2n) is 10.8. The maximum absolute atomic E-state index is 12.8. The van der Waals surface area contributed by atoms with Crippen molar-refractivity contribution in [3.63, 3.8) is 0 Å². The van der Waals surface area contributed by atoms with Gasteiger partial charge in [-0.1, -0.05) is 117 Å². The van der Waals surface area contributed by atoms with Gasteiger partial charge in [0.15, 0.2) is 5.78 Å². The van der Waals surface area contributed by atoms with E-state index in [2.05, 4.69) is 24.1 Å². The lowest BCUT2D eigenvalue weighted by Gasteiger charge is -2.23. The third-order valence-electron chi connectivity index (χ3n) is 7.40. The molecule has 0 aromatic carbocycles. The van der Waals surface area contributed by atoms with Gasteiger partial charge in [-0.3, -0.25) is 9.59 Å². The smallest absolute Gasteiger partial charge is 0.220 e. The molecule has 0 saturated carbocycles. The van der Waals surface area contributed by atoms with Gasteiger partial charge in [0, 0.05) is 19.4 Å². The zero-order valence-corrected chi connectivity index (χ0v) is 23.0. The van der Waals surface area contributed by atoms with Crippen LogP contribution < -0.4 is 5.32 Å². The molecule has 0 aliphatic carbocycles. The largest absolute Gasteiger partial charge is 0.345 e. The summed E-state index contributed by atoms with van der Waals surface area (Å²) in [5, 5.41) is 3.11. The van der Waals surface area contributed by atoms with E-state index in [4.69, 9.17) is 0 Å². The molecule has 1 aliphatic rings. The van der Waals surface area contributed by atoms with Crippen molar-refractivity contribution in [1.82, 2.24) is 10.2 Å². The van der Waals surface area contributed by atoms with Crippen LogP contribution in [0.2, 0.25) is 0 Å². The van der Waals surface area contributed by atoms with Crippen LogP contribution in [0.25, 0.3) is 0 Å². The fraction of sp³-hybridized carbons (Fsp3) is 0.933. The summed E-state index contributed by atoms with van der Waals surface area (Å²) in [4.78, 5) is 27.8. The molecule has 4 nitrogen and oxygen atoms in total. The highest BCUT2D eigenvalue weighted by atomic mass is 16.2. The molecule has 1 fully saturated rings. The molecule has 0 bridgehead atoms. The molecule has 1 saturated heterocycles. The van der Waals surface area contributed by atoms with Gasteiger partial charge in [0.25, 0.3) is 0 Å². The van der Waals surface area contributed by atoms with Gasteiger partial charge in [-0.25, -0.2) is 0 Å². The van der Waals surface area contributed by atoms with Crippen LogP contribution in [-0.4, -0.2) is 42.3 Å². The number of carbonyl (C=O) groups excluding carboxylic acids is 2. The standard InChI is InChI=1S/C30H58N2O2/c1-3-5-7-9-10-11-12-13-14-15-16-18-20-24-30(34)31-28(27-32-25-21-22-26-32)29(33)23-19-17-8-6-4-2/h28H,3-27H2,1-2H3,(H,31,34)/t28-/m1/s1. The van der Waals surface area contributed by atoms with Gasteiger partial charge in [-0.15, -0.1) is 0 Å². The fourth-order valence-corrected chi connectivity index (χ4v) is 5.10. The van der Waals surface area contributed by atoms with Crippen LogP contribution in [0, 0.1) is 0 Å². The predicted molar refractivity (Wildman–Crippen MR) is 146 cm³/mol. The molecule has 200 valence electrons. The number of nitrogens with one attached hydrogen (secondary N) is 1. The molecule has 1 N–H and O–H groups in total. The zero-order chi connectivity index (χ0) is 24.7. The first-order valence-electron chi connectivity index (χ1n) is 15.2. The van der Waals surface area contributed by atoms with E-state index in [0.29, 0.717) is 19.4 Å². The lowest BCUT2D eigenvalue weighted by Crippen LogP contribution is -2.47. The van der Waals surface area contributed by atoms with E-state index < -0.39 is 0 Å². The zero-order valence-electron chi connectivity index (χ0n) is 23.0. The Morgan fingerprint density at radius 1 is 0.618 bits per heavy atom. The van der Waals surface area contributed by atoms with E-state index in [-0.39, 0.29) is 17.7 Å². The SMILES string of the molecule is CCCCCCCCCCCCCCCC(=O)N[C@H](CN1CCCC1)C(=O)CCCCCCC. The first kappa shape index (κ1) is 31.1. The van der Waals surface area contributed by atoms with Crippen LogP contribution in [0.4, 0.5) is 0 Å². The van der Waals surface area contributed by atoms with Crippen molar-refractivity contribution in [3.05, 3.63) is 0 Å². The molecule has 1 rings (SSSR count). The Morgan fingerprint density at radius 2 is 1.03 bits per heavy atom. The van der Waals surface area contributed by atoms with Crippen LogP contribution in [0.3, 0.4) is 0 Å². The third kappa shape index (κ3) is 17.5. The van der Waals surface area contributed by atoms with Crippen LogP contribution in [-0.2, 0) is 9.59 Å². The quantitative estimate of drug-likeness (QED) is 0.143. The summed E-state index contributed by atoms with van der Waals surface area (Å²) in [6.45, 7) is 7.32. The average molecular weight is 479 g/mol. The molecule has 1 atom stereocenters. The molecule has 0 aromatic heterocycles. The normalized spacial score (nSPS) is 15.0. The minimum Gasteiger partial charge on any atom is -0.345 e. The molecule has 1 amide bonds. The lowest BCUT2D eigenvalue weighted by atomic mass is 10.0. The summed E-state index contributed by atoms with van der Waals surface area (Å²) < 4.78 is 0. The van der Waals surface area contributed by atoms with Gasteiger partial charge in [0.05, 0.1) is 0 Å². The Morgan fingerprint density at radius 3 is 1.50 bits per heavy atom. The minimum atomic E-state index is -0.307. The highest BCUT2D eigenvalue weighted by Gasteiger charge is 2.24. The molecule has 0 spiro atoms. The van der Waals surface area contributed by atoms with Crippen LogP contribution in [0.15, 0.2) is 0 Å². The Hall–Kier alpha value is -0.900. The average Bonchev–Trinajstić information content (AvgIpc) is 3.34. The monoisotopic (exact) mass is 478 g/mol. The highest BCUT2D eigenvalue weighted by Crippen LogP contribution is 2.14. The maximum atomic E-state index is 12.8. The van der Waals surface area contributed by atoms with Crippen molar-refractivity contribution in [2.75, 3.05) is 19.6 Å². The summed E-state index contributed by atoms with van der Waals surface area (Å²) >= 11 is 0. The third-order valence-corrected chi connectivity index (χ3v) is 7.40. The van der Waals surface area contributed by atoms with Crippen molar-refractivity contribution >= 4 is 11.7 Å². The fourth-order valence-electron chi connectivity index (χ4n) is 5.10. The lowest BCUT2D eigenvalue weighted by molar-refractivity contribution is -0.128. The van der Waals surface area contributed by atoms with Crippen molar-refractivity contribution in [2.45, 2.75) is 161 Å². The minimum absolute atomic E-state index is 0.0756. The van der Waals surface area contributed by atoms with Gasteiger partial charge in [0.1, 0.15) is 6.04 Å². The van der Waals surface area contributed by atoms with Gasteiger partial charge < -0.3 is 10.2 Å². The summed E-state index contributed by atoms with van der Waals surface area (Å²) in [5.74, 6) is 0.314. The topological polar surface area (TPSA) is 49.4 Å². The molecule has 1 aliphatic heterocycles. The van der Waals surface area contributed by atoms with Crippen LogP contribution in [0.5, 0.6) is 0 Å². The molecule has 4 heteroatoms. The van der Waals surface area contributed by atoms with Crippen LogP contribution >= 0.6 is 0 Å². The Kier molecular flexibility index (Phi) is 20.7. The number of unbranched alkanes of at least 4 members (excludes halogenated alkanes) is 16. The van der Waals surface area contributed by atoms with E-state index in [1.165, 1.54) is 103 Å². The van der Waals surface area contributed by atoms with E-state index in [9.17, 15) is 9.59 Å². The molecule has 0 radical (unpaired) electrons. The van der Waals surface area contributed by atoms with Gasteiger partial charge in [0.2, 0.25) is 5.91 Å². The maximum Gasteiger partial charge on any atom is 0.220 e. The predicted octanol–water partition coefficient (Wildman–Crippen LogP) is 7.98. The number of rotatable bonds is 24. The summed E-state index contributed by atoms with van der Waals surface area (Å²) in [6, 6.07) is -0.307. The Bertz CT molecular complexity index is 488. The molecule has 0 unspecified atom stereocenters. The first-order valence-corrected chi connectivity index (χ1v) is 15.2. The van der Waals surface area contributed by atoms with Gasteiger partial charge in [-0.05, 0) is 38.8 Å². The van der Waals surface area contributed by atoms with E-state index >= 15 is 0 Å². The highest BCUT2D eigenvalue weighted by molar-refractivity contribution is 5.89. The number of nitrogens with zero attached hydrogens (tertiary/aromatic N) is 1. The second kappa shape index (κ2) is 22.6. The van der Waals surface area contributed by atoms with Crippen molar-refractivity contribution in [3.8, 4) is 0 Å². The van der Waals surface area contributed by atoms with Gasteiger partial charge >= 0.3 is 0 Å². The van der Waals surface area contributed by atoms with Crippen molar-refractivity contribution < 1.29 is 9.59 Å². The Labute approximate surface area is 212 Å². The summed E-state index contributed by atoms with van der Waals surface area (Å²) in [7, 11) is 0. The van der Waals surface area contributed by atoms with Crippen LogP contribution in [0.1, 0.15) is 155 Å². The number of hydrogen-bond acceptors (Lipinski definition) is 3. The summed E-state index contributed by atoms with van der Waals surface area (Å²) in [6.07, 6.45) is 26.5. The van der Waals surface area contributed by atoms with Crippen molar-refractivity contribution in [2.24, 2.45) is 0 Å². The number of ketones is 1. The number of Topliss-reactive ketones (excluding diaryl/α,β-unsaturated/α-hetero) is 1. The van der Waals surface area contributed by atoms with E-state index in [1.54, 1.807) is 0 Å². The molecule has 1 heterocycles. The molecular formula is C30H58N2O2. The number of likely N-dealkylation sites (tertiary alicyclic amines) is 1. The van der Waals surface area contributed by atoms with Crippen molar-refractivity contribution in [1.29, 1.82) is 0 Å².